The number of carbonyl (C=O) groups is 1. The summed E-state index contributed by atoms with van der Waals surface area (Å²) in [6, 6.07) is 14.4. The van der Waals surface area contributed by atoms with Gasteiger partial charge in [-0.15, -0.1) is 0 Å². The zero-order valence-corrected chi connectivity index (χ0v) is 16.8. The van der Waals surface area contributed by atoms with Crippen LogP contribution < -0.4 is 4.74 Å². The Morgan fingerprint density at radius 1 is 1.10 bits per heavy atom. The van der Waals surface area contributed by atoms with E-state index in [-0.39, 0.29) is 5.82 Å². The molecule has 1 aliphatic rings. The summed E-state index contributed by atoms with van der Waals surface area (Å²) in [6.45, 7) is 3.23. The van der Waals surface area contributed by atoms with E-state index in [1.807, 2.05) is 37.3 Å². The second-order valence-corrected chi connectivity index (χ2v) is 7.51. The van der Waals surface area contributed by atoms with Gasteiger partial charge in [0.15, 0.2) is 0 Å². The first-order valence-electron chi connectivity index (χ1n) is 9.93. The van der Waals surface area contributed by atoms with Crippen molar-refractivity contribution in [3.63, 3.8) is 0 Å². The number of nitrogens with zero attached hydrogens (tertiary/aromatic N) is 2. The number of hydrogen-bond acceptors (Lipinski definition) is 3. The molecule has 0 spiro atoms. The van der Waals surface area contributed by atoms with Crippen molar-refractivity contribution in [3.05, 3.63) is 82.9 Å². The second-order valence-electron chi connectivity index (χ2n) is 7.51. The van der Waals surface area contributed by atoms with Gasteiger partial charge in [-0.2, -0.15) is 0 Å². The van der Waals surface area contributed by atoms with Crippen LogP contribution in [0.4, 0.5) is 9.18 Å². The fourth-order valence-corrected chi connectivity index (χ4v) is 3.77. The highest BCUT2D eigenvalue weighted by Crippen LogP contribution is 2.33. The number of amides is 1. The van der Waals surface area contributed by atoms with E-state index in [9.17, 15) is 14.3 Å². The van der Waals surface area contributed by atoms with Crippen LogP contribution in [0.5, 0.6) is 5.75 Å². The van der Waals surface area contributed by atoms with Crippen LogP contribution in [0.15, 0.2) is 54.7 Å². The zero-order chi connectivity index (χ0) is 21.1. The average Bonchev–Trinajstić information content (AvgIpc) is 2.95. The zero-order valence-electron chi connectivity index (χ0n) is 16.8. The first-order chi connectivity index (χ1) is 14.5. The second kappa shape index (κ2) is 8.53. The molecule has 1 aromatic heterocycles. The average molecular weight is 406 g/mol. The Balaban J connectivity index is 1.61. The topological polar surface area (TPSA) is 62.7 Å². The lowest BCUT2D eigenvalue weighted by Crippen LogP contribution is -2.31. The van der Waals surface area contributed by atoms with Gasteiger partial charge in [0, 0.05) is 24.8 Å². The minimum Gasteiger partial charge on any atom is -0.487 e. The van der Waals surface area contributed by atoms with Crippen LogP contribution in [0.3, 0.4) is 0 Å². The molecule has 6 heteroatoms. The van der Waals surface area contributed by atoms with Gasteiger partial charge >= 0.3 is 6.09 Å². The minimum absolute atomic E-state index is 0.291. The molecule has 1 aliphatic heterocycles. The molecule has 2 heterocycles. The van der Waals surface area contributed by atoms with E-state index in [0.29, 0.717) is 43.9 Å². The summed E-state index contributed by atoms with van der Waals surface area (Å²) in [5.41, 5.74) is 5.65. The molecule has 3 aromatic rings. The monoisotopic (exact) mass is 406 g/mol. The van der Waals surface area contributed by atoms with E-state index in [2.05, 4.69) is 4.98 Å². The molecule has 0 aliphatic carbocycles. The summed E-state index contributed by atoms with van der Waals surface area (Å²) in [6.07, 6.45) is 2.15. The molecule has 1 N–H and O–H groups in total. The Hall–Kier alpha value is -3.41. The number of fused-ring (bicyclic) bond motifs is 1. The predicted octanol–water partition coefficient (Wildman–Crippen LogP) is 4.85. The molecule has 0 radical (unpaired) electrons. The number of hydrogen-bond donors (Lipinski definition) is 1. The third-order valence-electron chi connectivity index (χ3n) is 5.38. The Morgan fingerprint density at radius 3 is 2.67 bits per heavy atom. The quantitative estimate of drug-likeness (QED) is 0.673. The van der Waals surface area contributed by atoms with Crippen LogP contribution in [-0.4, -0.2) is 34.2 Å². The summed E-state index contributed by atoms with van der Waals surface area (Å²) < 4.78 is 20.0. The van der Waals surface area contributed by atoms with Gasteiger partial charge in [-0.05, 0) is 72.4 Å². The molecule has 0 atom stereocenters. The predicted molar refractivity (Wildman–Crippen MR) is 112 cm³/mol. The standard InChI is InChI=1S/C24H23FN2O3/c1-16-6-9-26-21(12-16)15-30-23-5-4-20(25)14-22(23)19-3-2-17-7-10-27(24(28)29)11-8-18(17)13-19/h2-6,9,12-14H,7-8,10-11,15H2,1H3,(H,28,29). The fourth-order valence-electron chi connectivity index (χ4n) is 3.77. The number of halogens is 1. The highest BCUT2D eigenvalue weighted by Gasteiger charge is 2.19. The minimum atomic E-state index is -0.895. The highest BCUT2D eigenvalue weighted by molar-refractivity contribution is 5.72. The summed E-state index contributed by atoms with van der Waals surface area (Å²) in [4.78, 5) is 17.0. The van der Waals surface area contributed by atoms with E-state index < -0.39 is 6.09 Å². The summed E-state index contributed by atoms with van der Waals surface area (Å²) in [7, 11) is 0. The van der Waals surface area contributed by atoms with Crippen LogP contribution in [0.25, 0.3) is 11.1 Å². The van der Waals surface area contributed by atoms with Crippen LogP contribution in [0, 0.1) is 12.7 Å². The summed E-state index contributed by atoms with van der Waals surface area (Å²) >= 11 is 0. The Labute approximate surface area is 174 Å². The van der Waals surface area contributed by atoms with Crippen molar-refractivity contribution < 1.29 is 19.0 Å². The van der Waals surface area contributed by atoms with Crippen LogP contribution >= 0.6 is 0 Å². The summed E-state index contributed by atoms with van der Waals surface area (Å²) in [5, 5.41) is 9.27. The molecular weight excluding hydrogens is 383 g/mol. The number of carboxylic acid groups (broad SMARTS) is 1. The molecule has 0 bridgehead atoms. The molecule has 0 fully saturated rings. The lowest BCUT2D eigenvalue weighted by Gasteiger charge is -2.15. The fraction of sp³-hybridized carbons (Fsp3) is 0.250. The van der Waals surface area contributed by atoms with Gasteiger partial charge in [-0.1, -0.05) is 18.2 Å². The molecule has 154 valence electrons. The Morgan fingerprint density at radius 2 is 1.90 bits per heavy atom. The van der Waals surface area contributed by atoms with Gasteiger partial charge < -0.3 is 14.7 Å². The first kappa shape index (κ1) is 19.9. The first-order valence-corrected chi connectivity index (χ1v) is 9.93. The maximum atomic E-state index is 14.1. The maximum absolute atomic E-state index is 14.1. The Bertz CT molecular complexity index is 1080. The Kier molecular flexibility index (Phi) is 5.65. The van der Waals surface area contributed by atoms with Crippen molar-refractivity contribution in [2.45, 2.75) is 26.4 Å². The van der Waals surface area contributed by atoms with E-state index >= 15 is 0 Å². The number of benzene rings is 2. The molecule has 0 saturated heterocycles. The maximum Gasteiger partial charge on any atom is 0.407 e. The van der Waals surface area contributed by atoms with Gasteiger partial charge in [0.2, 0.25) is 0 Å². The van der Waals surface area contributed by atoms with E-state index in [4.69, 9.17) is 4.74 Å². The van der Waals surface area contributed by atoms with Crippen molar-refractivity contribution in [2.24, 2.45) is 0 Å². The number of rotatable bonds is 4. The van der Waals surface area contributed by atoms with Crippen molar-refractivity contribution in [1.29, 1.82) is 0 Å². The SMILES string of the molecule is Cc1ccnc(COc2ccc(F)cc2-c2ccc3c(c2)CCN(C(=O)O)CC3)c1. The highest BCUT2D eigenvalue weighted by atomic mass is 19.1. The molecule has 30 heavy (non-hydrogen) atoms. The van der Waals surface area contributed by atoms with Gasteiger partial charge in [-0.25, -0.2) is 9.18 Å². The number of pyridine rings is 1. The van der Waals surface area contributed by atoms with Crippen molar-refractivity contribution in [1.82, 2.24) is 9.88 Å². The lowest BCUT2D eigenvalue weighted by molar-refractivity contribution is 0.147. The number of ether oxygens (including phenoxy) is 1. The van der Waals surface area contributed by atoms with Crippen molar-refractivity contribution in [3.8, 4) is 16.9 Å². The van der Waals surface area contributed by atoms with E-state index in [1.54, 1.807) is 12.3 Å². The smallest absolute Gasteiger partial charge is 0.407 e. The molecular formula is C24H23FN2O3. The van der Waals surface area contributed by atoms with E-state index in [0.717, 1.165) is 27.9 Å². The molecule has 4 rings (SSSR count). The largest absolute Gasteiger partial charge is 0.487 e. The van der Waals surface area contributed by atoms with Gasteiger partial charge in [0.05, 0.1) is 5.69 Å². The molecule has 1 amide bonds. The van der Waals surface area contributed by atoms with Gasteiger partial charge in [-0.3, -0.25) is 4.98 Å². The van der Waals surface area contributed by atoms with Gasteiger partial charge in [0.25, 0.3) is 0 Å². The number of aryl methyl sites for hydroxylation is 1. The van der Waals surface area contributed by atoms with Crippen LogP contribution in [0.2, 0.25) is 0 Å². The molecule has 2 aromatic carbocycles. The lowest BCUT2D eigenvalue weighted by atomic mass is 9.96. The molecule has 0 unspecified atom stereocenters. The van der Waals surface area contributed by atoms with Crippen molar-refractivity contribution >= 4 is 6.09 Å². The molecule has 0 saturated carbocycles. The number of aromatic nitrogens is 1. The van der Waals surface area contributed by atoms with Crippen LogP contribution in [-0.2, 0) is 19.4 Å². The van der Waals surface area contributed by atoms with E-state index in [1.165, 1.54) is 17.0 Å². The third kappa shape index (κ3) is 4.43. The normalized spacial score (nSPS) is 13.5. The third-order valence-corrected chi connectivity index (χ3v) is 5.38. The van der Waals surface area contributed by atoms with Crippen molar-refractivity contribution in [2.75, 3.05) is 13.1 Å². The van der Waals surface area contributed by atoms with Gasteiger partial charge in [0.1, 0.15) is 18.2 Å². The summed E-state index contributed by atoms with van der Waals surface area (Å²) in [5.74, 6) is 0.249. The molecule has 5 nitrogen and oxygen atoms in total. The van der Waals surface area contributed by atoms with Crippen LogP contribution in [0.1, 0.15) is 22.4 Å².